The molecule has 0 aliphatic heterocycles. The zero-order chi connectivity index (χ0) is 8.62. The van der Waals surface area contributed by atoms with E-state index < -0.39 is 0 Å². The Labute approximate surface area is 63.9 Å². The van der Waals surface area contributed by atoms with E-state index in [2.05, 4.69) is 6.92 Å². The Morgan fingerprint density at radius 2 is 1.50 bits per heavy atom. The van der Waals surface area contributed by atoms with Gasteiger partial charge in [0.05, 0.1) is 0 Å². The highest BCUT2D eigenvalue weighted by atomic mass is 16.3. The highest BCUT2D eigenvalue weighted by Crippen LogP contribution is 2.08. The van der Waals surface area contributed by atoms with Crippen molar-refractivity contribution < 1.29 is 10.2 Å². The summed E-state index contributed by atoms with van der Waals surface area (Å²) in [7, 11) is 0. The van der Waals surface area contributed by atoms with Gasteiger partial charge in [0.25, 0.3) is 0 Å². The molecule has 0 saturated carbocycles. The topological polar surface area (TPSA) is 40.5 Å². The molecule has 0 rings (SSSR count). The lowest BCUT2D eigenvalue weighted by atomic mass is 9.99. The van der Waals surface area contributed by atoms with Crippen LogP contribution in [0.5, 0.6) is 0 Å². The highest BCUT2D eigenvalue weighted by Gasteiger charge is 2.05. The van der Waals surface area contributed by atoms with Crippen LogP contribution in [0.1, 0.15) is 27.2 Å². The van der Waals surface area contributed by atoms with Crippen LogP contribution in [0.3, 0.4) is 0 Å². The van der Waals surface area contributed by atoms with Gasteiger partial charge in [0.1, 0.15) is 0 Å². The average molecular weight is 147 g/mol. The van der Waals surface area contributed by atoms with E-state index in [0.29, 0.717) is 6.61 Å². The first-order valence-electron chi connectivity index (χ1n) is 3.55. The van der Waals surface area contributed by atoms with Gasteiger partial charge in [-0.05, 0) is 18.8 Å². The molecular formula is C8H19O2. The minimum absolute atomic E-state index is 0.153. The number of aliphatic hydroxyl groups is 2. The van der Waals surface area contributed by atoms with Crippen molar-refractivity contribution in [3.8, 4) is 0 Å². The molecule has 0 unspecified atom stereocenters. The average Bonchev–Trinajstić information content (AvgIpc) is 1.87. The van der Waals surface area contributed by atoms with Gasteiger partial charge in [-0.2, -0.15) is 0 Å². The Bertz CT molecular complexity index is 52.8. The Morgan fingerprint density at radius 1 is 1.30 bits per heavy atom. The number of aliphatic hydroxyl groups excluding tert-OH is 2. The monoisotopic (exact) mass is 147 g/mol. The predicted octanol–water partition coefficient (Wildman–Crippen LogP) is 1.23. The lowest BCUT2D eigenvalue weighted by Gasteiger charge is -2.11. The molecule has 0 heterocycles. The molecule has 2 N–H and O–H groups in total. The van der Waals surface area contributed by atoms with Crippen LogP contribution in [-0.4, -0.2) is 23.4 Å². The van der Waals surface area contributed by atoms with Crippen LogP contribution in [0.25, 0.3) is 0 Å². The fourth-order valence-electron chi connectivity index (χ4n) is 0. The van der Waals surface area contributed by atoms with Crippen LogP contribution < -0.4 is 0 Å². The Morgan fingerprint density at radius 3 is 1.50 bits per heavy atom. The third-order valence-corrected chi connectivity index (χ3v) is 0.652. The normalized spacial score (nSPS) is 10.2. The van der Waals surface area contributed by atoms with Crippen molar-refractivity contribution in [1.82, 2.24) is 0 Å². The molecule has 2 nitrogen and oxygen atoms in total. The van der Waals surface area contributed by atoms with E-state index in [1.165, 1.54) is 0 Å². The summed E-state index contributed by atoms with van der Waals surface area (Å²) in [6.45, 7) is 9.81. The summed E-state index contributed by atoms with van der Waals surface area (Å²) in [6, 6.07) is 0. The summed E-state index contributed by atoms with van der Waals surface area (Å²) in [6.07, 6.45) is 0.875. The molecule has 2 heteroatoms. The SMILES string of the molecule is CCCO.[CH2]C(C)(C)CO. The molecule has 0 spiro atoms. The van der Waals surface area contributed by atoms with Gasteiger partial charge in [-0.1, -0.05) is 20.8 Å². The first kappa shape index (κ1) is 12.6. The molecule has 0 aliphatic rings. The zero-order valence-electron chi connectivity index (χ0n) is 7.22. The van der Waals surface area contributed by atoms with Gasteiger partial charge in [-0.15, -0.1) is 0 Å². The van der Waals surface area contributed by atoms with Gasteiger partial charge in [-0.25, -0.2) is 0 Å². The van der Waals surface area contributed by atoms with Gasteiger partial charge in [0.15, 0.2) is 0 Å². The summed E-state index contributed by atoms with van der Waals surface area (Å²) in [4.78, 5) is 0. The second-order valence-corrected chi connectivity index (χ2v) is 3.05. The van der Waals surface area contributed by atoms with Gasteiger partial charge in [0.2, 0.25) is 0 Å². The van der Waals surface area contributed by atoms with E-state index in [1.54, 1.807) is 0 Å². The largest absolute Gasteiger partial charge is 0.396 e. The Hall–Kier alpha value is -0.0800. The van der Waals surface area contributed by atoms with Crippen molar-refractivity contribution >= 4 is 0 Å². The van der Waals surface area contributed by atoms with Crippen LogP contribution in [0.15, 0.2) is 0 Å². The van der Waals surface area contributed by atoms with Gasteiger partial charge < -0.3 is 10.2 Å². The molecule has 0 aromatic heterocycles. The van der Waals surface area contributed by atoms with Crippen molar-refractivity contribution in [3.63, 3.8) is 0 Å². The summed E-state index contributed by atoms with van der Waals surface area (Å²) in [5.74, 6) is 0. The molecule has 0 amide bonds. The number of hydrogen-bond acceptors (Lipinski definition) is 2. The van der Waals surface area contributed by atoms with Crippen LogP contribution in [0.2, 0.25) is 0 Å². The molecule has 1 radical (unpaired) electrons. The molecule has 10 heavy (non-hydrogen) atoms. The minimum Gasteiger partial charge on any atom is -0.396 e. The molecule has 0 bridgehead atoms. The molecule has 63 valence electrons. The van der Waals surface area contributed by atoms with Crippen molar-refractivity contribution in [2.75, 3.05) is 13.2 Å². The van der Waals surface area contributed by atoms with Crippen LogP contribution in [0.4, 0.5) is 0 Å². The van der Waals surface area contributed by atoms with Crippen LogP contribution in [0, 0.1) is 12.3 Å². The third kappa shape index (κ3) is 24.7. The van der Waals surface area contributed by atoms with Crippen LogP contribution in [-0.2, 0) is 0 Å². The summed E-state index contributed by atoms with van der Waals surface area (Å²) >= 11 is 0. The zero-order valence-corrected chi connectivity index (χ0v) is 7.22. The molecular weight excluding hydrogens is 128 g/mol. The maximum absolute atomic E-state index is 8.34. The van der Waals surface area contributed by atoms with E-state index in [-0.39, 0.29) is 12.0 Å². The number of hydrogen-bond donors (Lipinski definition) is 2. The van der Waals surface area contributed by atoms with E-state index in [1.807, 2.05) is 20.8 Å². The first-order valence-corrected chi connectivity index (χ1v) is 3.55. The van der Waals surface area contributed by atoms with Gasteiger partial charge in [0, 0.05) is 13.2 Å². The van der Waals surface area contributed by atoms with E-state index >= 15 is 0 Å². The second kappa shape index (κ2) is 7.03. The fraction of sp³-hybridized carbons (Fsp3) is 0.875. The maximum atomic E-state index is 8.34. The molecule has 0 aromatic rings. The van der Waals surface area contributed by atoms with E-state index in [0.717, 1.165) is 6.42 Å². The molecule has 0 aromatic carbocycles. The molecule has 0 saturated heterocycles. The highest BCUT2D eigenvalue weighted by molar-refractivity contribution is 4.67. The summed E-state index contributed by atoms with van der Waals surface area (Å²) in [5.41, 5.74) is -0.153. The lowest BCUT2D eigenvalue weighted by molar-refractivity contribution is 0.197. The smallest absolute Gasteiger partial charge is 0.0482 e. The summed E-state index contributed by atoms with van der Waals surface area (Å²) in [5, 5.41) is 16.2. The van der Waals surface area contributed by atoms with Crippen molar-refractivity contribution in [3.05, 3.63) is 6.92 Å². The lowest BCUT2D eigenvalue weighted by Crippen LogP contribution is -2.10. The van der Waals surface area contributed by atoms with Crippen LogP contribution >= 0.6 is 0 Å². The maximum Gasteiger partial charge on any atom is 0.0482 e. The van der Waals surface area contributed by atoms with Crippen molar-refractivity contribution in [2.24, 2.45) is 5.41 Å². The van der Waals surface area contributed by atoms with Gasteiger partial charge in [-0.3, -0.25) is 0 Å². The Kier molecular flexibility index (Phi) is 8.85. The minimum atomic E-state index is -0.153. The standard InChI is InChI=1S/C5H11O.C3H8O/c1-5(2,3)4-6;1-2-3-4/h6H,1,4H2,2-3H3;4H,2-3H2,1H3. The Balaban J connectivity index is 0. The predicted molar refractivity (Wildman–Crippen MR) is 43.6 cm³/mol. The third-order valence-electron chi connectivity index (χ3n) is 0.652. The fourth-order valence-corrected chi connectivity index (χ4v) is 0. The molecule has 0 fully saturated rings. The first-order chi connectivity index (χ1) is 4.47. The quantitative estimate of drug-likeness (QED) is 0.616. The van der Waals surface area contributed by atoms with Crippen molar-refractivity contribution in [1.29, 1.82) is 0 Å². The van der Waals surface area contributed by atoms with E-state index in [9.17, 15) is 0 Å². The van der Waals surface area contributed by atoms with Crippen molar-refractivity contribution in [2.45, 2.75) is 27.2 Å². The molecule has 0 aliphatic carbocycles. The van der Waals surface area contributed by atoms with Gasteiger partial charge >= 0.3 is 0 Å². The second-order valence-electron chi connectivity index (χ2n) is 3.05. The van der Waals surface area contributed by atoms with E-state index in [4.69, 9.17) is 10.2 Å². The number of rotatable bonds is 2. The summed E-state index contributed by atoms with van der Waals surface area (Å²) < 4.78 is 0. The molecule has 0 atom stereocenters.